The number of hydrogen-bond donors (Lipinski definition) is 3. The van der Waals surface area contributed by atoms with Crippen LogP contribution in [0.4, 0.5) is 5.69 Å². The molecule has 0 spiro atoms. The first-order chi connectivity index (χ1) is 10.2. The van der Waals surface area contributed by atoms with Crippen LogP contribution in [0.3, 0.4) is 0 Å². The Hall–Kier alpha value is -2.28. The first-order valence-corrected chi connectivity index (χ1v) is 7.03. The zero-order valence-corrected chi connectivity index (χ0v) is 11.6. The Morgan fingerprint density at radius 3 is 2.95 bits per heavy atom. The van der Waals surface area contributed by atoms with Crippen LogP contribution in [0, 0.1) is 0 Å². The first-order valence-electron chi connectivity index (χ1n) is 7.03. The molecule has 0 unspecified atom stereocenters. The molecule has 2 heterocycles. The fourth-order valence-electron chi connectivity index (χ4n) is 2.43. The minimum absolute atomic E-state index is 0.0847. The molecule has 0 saturated carbocycles. The van der Waals surface area contributed by atoms with Crippen molar-refractivity contribution in [3.05, 3.63) is 18.2 Å². The molecule has 0 aliphatic carbocycles. The van der Waals surface area contributed by atoms with Crippen molar-refractivity contribution in [1.29, 1.82) is 0 Å². The molecule has 7 nitrogen and oxygen atoms in total. The van der Waals surface area contributed by atoms with Crippen LogP contribution in [0.25, 0.3) is 0 Å². The summed E-state index contributed by atoms with van der Waals surface area (Å²) in [4.78, 5) is 23.6. The molecule has 2 aliphatic rings. The van der Waals surface area contributed by atoms with Crippen LogP contribution in [-0.4, -0.2) is 44.2 Å². The predicted molar refractivity (Wildman–Crippen MR) is 74.3 cm³/mol. The van der Waals surface area contributed by atoms with Gasteiger partial charge in [-0.15, -0.1) is 0 Å². The summed E-state index contributed by atoms with van der Waals surface area (Å²) in [5.74, 6) is 1.03. The second-order valence-electron chi connectivity index (χ2n) is 5.03. The minimum Gasteiger partial charge on any atom is -0.486 e. The number of nitrogens with one attached hydrogen (secondary N) is 2. The molecule has 3 rings (SSSR count). The summed E-state index contributed by atoms with van der Waals surface area (Å²) in [6, 6.07) is 4.91. The maximum Gasteiger partial charge on any atom is 0.278 e. The molecule has 2 aliphatic heterocycles. The van der Waals surface area contributed by atoms with Gasteiger partial charge in [0.15, 0.2) is 17.5 Å². The zero-order valence-electron chi connectivity index (χ0n) is 11.6. The third-order valence-electron chi connectivity index (χ3n) is 3.46. The Bertz CT molecular complexity index is 561. The molecule has 21 heavy (non-hydrogen) atoms. The van der Waals surface area contributed by atoms with Crippen LogP contribution in [0.5, 0.6) is 11.5 Å². The number of quaternary nitrogens is 1. The quantitative estimate of drug-likeness (QED) is 0.656. The van der Waals surface area contributed by atoms with Crippen molar-refractivity contribution in [2.45, 2.75) is 12.5 Å². The van der Waals surface area contributed by atoms with E-state index < -0.39 is 0 Å². The van der Waals surface area contributed by atoms with Gasteiger partial charge in [-0.3, -0.25) is 9.59 Å². The normalized spacial score (nSPS) is 20.6. The van der Waals surface area contributed by atoms with Crippen LogP contribution >= 0.6 is 0 Å². The van der Waals surface area contributed by atoms with Crippen LogP contribution in [0.15, 0.2) is 18.2 Å². The van der Waals surface area contributed by atoms with E-state index in [1.807, 2.05) is 5.32 Å². The molecule has 1 aromatic carbocycles. The molecular formula is C14H18N3O4+. The molecule has 0 aromatic heterocycles. The zero-order chi connectivity index (χ0) is 14.7. The average molecular weight is 292 g/mol. The van der Waals surface area contributed by atoms with E-state index in [4.69, 9.17) is 9.47 Å². The lowest BCUT2D eigenvalue weighted by Gasteiger charge is -2.20. The number of fused-ring (bicyclic) bond motifs is 1. The third kappa shape index (κ3) is 3.25. The first kappa shape index (κ1) is 13.7. The molecule has 112 valence electrons. The monoisotopic (exact) mass is 292 g/mol. The predicted octanol–water partition coefficient (Wildman–Crippen LogP) is -1.15. The molecule has 1 atom stereocenters. The van der Waals surface area contributed by atoms with Crippen molar-refractivity contribution in [3.8, 4) is 11.5 Å². The summed E-state index contributed by atoms with van der Waals surface area (Å²) in [6.45, 7) is 2.49. The SMILES string of the molecule is O=C(C[C@@H]1[NH2+]CCNC1=O)Nc1ccc2c(c1)OCCO2. The summed E-state index contributed by atoms with van der Waals surface area (Å²) < 4.78 is 10.9. The molecule has 1 saturated heterocycles. The molecule has 2 amide bonds. The molecule has 0 bridgehead atoms. The average Bonchev–Trinajstić information content (AvgIpc) is 2.49. The molecular weight excluding hydrogens is 274 g/mol. The minimum atomic E-state index is -0.351. The second kappa shape index (κ2) is 6.01. The third-order valence-corrected chi connectivity index (χ3v) is 3.46. The van der Waals surface area contributed by atoms with Gasteiger partial charge in [-0.2, -0.15) is 0 Å². The Labute approximate surface area is 122 Å². The second-order valence-corrected chi connectivity index (χ2v) is 5.03. The Kier molecular flexibility index (Phi) is 3.92. The van der Waals surface area contributed by atoms with E-state index in [0.29, 0.717) is 36.9 Å². The van der Waals surface area contributed by atoms with Gasteiger partial charge in [0.05, 0.1) is 19.5 Å². The summed E-state index contributed by atoms with van der Waals surface area (Å²) in [7, 11) is 0. The number of amides is 2. The maximum atomic E-state index is 12.0. The van der Waals surface area contributed by atoms with Gasteiger partial charge in [-0.05, 0) is 12.1 Å². The largest absolute Gasteiger partial charge is 0.486 e. The van der Waals surface area contributed by atoms with Gasteiger partial charge in [0, 0.05) is 11.8 Å². The number of piperazine rings is 1. The Balaban J connectivity index is 1.60. The fraction of sp³-hybridized carbons (Fsp3) is 0.429. The molecule has 1 fully saturated rings. The van der Waals surface area contributed by atoms with Crippen LogP contribution in [-0.2, 0) is 9.59 Å². The Morgan fingerprint density at radius 2 is 2.14 bits per heavy atom. The number of carbonyl (C=O) groups excluding carboxylic acids is 2. The van der Waals surface area contributed by atoms with Gasteiger partial charge in [-0.25, -0.2) is 0 Å². The van der Waals surface area contributed by atoms with Gasteiger partial charge < -0.3 is 25.4 Å². The van der Waals surface area contributed by atoms with E-state index in [2.05, 4.69) is 10.6 Å². The van der Waals surface area contributed by atoms with Crippen molar-refractivity contribution in [2.75, 3.05) is 31.6 Å². The number of hydrogen-bond acceptors (Lipinski definition) is 4. The summed E-state index contributed by atoms with van der Waals surface area (Å²) >= 11 is 0. The van der Waals surface area contributed by atoms with Crippen molar-refractivity contribution >= 4 is 17.5 Å². The van der Waals surface area contributed by atoms with Crippen molar-refractivity contribution in [3.63, 3.8) is 0 Å². The van der Waals surface area contributed by atoms with Gasteiger partial charge in [-0.1, -0.05) is 0 Å². The topological polar surface area (TPSA) is 93.3 Å². The maximum absolute atomic E-state index is 12.0. The Morgan fingerprint density at radius 1 is 1.33 bits per heavy atom. The van der Waals surface area contributed by atoms with Gasteiger partial charge in [0.2, 0.25) is 5.91 Å². The molecule has 7 heteroatoms. The number of nitrogens with two attached hydrogens (primary N) is 1. The number of rotatable bonds is 3. The van der Waals surface area contributed by atoms with Crippen molar-refractivity contribution in [2.24, 2.45) is 0 Å². The smallest absolute Gasteiger partial charge is 0.278 e. The standard InChI is InChI=1S/C14H17N3O4/c18-13(8-10-14(19)16-4-3-15-10)17-9-1-2-11-12(7-9)21-6-5-20-11/h1-2,7,10,15H,3-6,8H2,(H,16,19)(H,17,18)/p+1/t10-/m0/s1. The highest BCUT2D eigenvalue weighted by molar-refractivity contribution is 5.95. The molecule has 4 N–H and O–H groups in total. The summed E-state index contributed by atoms with van der Waals surface area (Å²) in [6.07, 6.45) is 0.153. The van der Waals surface area contributed by atoms with Crippen molar-refractivity contribution in [1.82, 2.24) is 5.32 Å². The van der Waals surface area contributed by atoms with Gasteiger partial charge >= 0.3 is 0 Å². The van der Waals surface area contributed by atoms with E-state index in [1.165, 1.54) is 0 Å². The van der Waals surface area contributed by atoms with Crippen LogP contribution in [0.1, 0.15) is 6.42 Å². The molecule has 1 aromatic rings. The fourth-order valence-corrected chi connectivity index (χ4v) is 2.43. The number of anilines is 1. The van der Waals surface area contributed by atoms with Crippen LogP contribution < -0.4 is 25.4 Å². The van der Waals surface area contributed by atoms with Gasteiger partial charge in [0.25, 0.3) is 5.91 Å². The highest BCUT2D eigenvalue weighted by Crippen LogP contribution is 2.32. The summed E-state index contributed by atoms with van der Waals surface area (Å²) in [5.41, 5.74) is 0.639. The van der Waals surface area contributed by atoms with Gasteiger partial charge in [0.1, 0.15) is 13.2 Å². The lowest BCUT2D eigenvalue weighted by atomic mass is 10.1. The van der Waals surface area contributed by atoms with E-state index in [0.717, 1.165) is 6.54 Å². The molecule has 0 radical (unpaired) electrons. The highest BCUT2D eigenvalue weighted by Gasteiger charge is 2.28. The van der Waals surface area contributed by atoms with E-state index in [1.54, 1.807) is 18.2 Å². The van der Waals surface area contributed by atoms with Crippen LogP contribution in [0.2, 0.25) is 0 Å². The van der Waals surface area contributed by atoms with Crippen molar-refractivity contribution < 1.29 is 24.4 Å². The number of benzene rings is 1. The highest BCUT2D eigenvalue weighted by atomic mass is 16.6. The number of carbonyl (C=O) groups is 2. The van der Waals surface area contributed by atoms with E-state index in [9.17, 15) is 9.59 Å². The lowest BCUT2D eigenvalue weighted by molar-refractivity contribution is -0.678. The summed E-state index contributed by atoms with van der Waals surface area (Å²) in [5, 5.41) is 7.43. The lowest BCUT2D eigenvalue weighted by Crippen LogP contribution is -2.96. The number of ether oxygens (including phenoxy) is 2. The van der Waals surface area contributed by atoms with E-state index >= 15 is 0 Å². The van der Waals surface area contributed by atoms with E-state index in [-0.39, 0.29) is 24.3 Å².